The van der Waals surface area contributed by atoms with E-state index in [0.29, 0.717) is 12.1 Å². The largest absolute Gasteiger partial charge is 0.383 e. The molecule has 0 bridgehead atoms. The summed E-state index contributed by atoms with van der Waals surface area (Å²) in [6, 6.07) is 0. The van der Waals surface area contributed by atoms with Crippen molar-refractivity contribution < 1.29 is 9.90 Å². The van der Waals surface area contributed by atoms with Gasteiger partial charge in [-0.2, -0.15) is 0 Å². The topological polar surface area (TPSA) is 75.1 Å². The summed E-state index contributed by atoms with van der Waals surface area (Å²) >= 11 is 0. The number of nitrogens with one attached hydrogen (secondary N) is 1. The van der Waals surface area contributed by atoms with Gasteiger partial charge < -0.3 is 10.4 Å². The molecular weight excluding hydrogens is 170 g/mol. The van der Waals surface area contributed by atoms with E-state index in [4.69, 9.17) is 5.11 Å². The molecule has 0 radical (unpaired) electrons. The van der Waals surface area contributed by atoms with Gasteiger partial charge in [0.2, 0.25) is 0 Å². The van der Waals surface area contributed by atoms with Gasteiger partial charge in [0, 0.05) is 0 Å². The number of carbonyl (C=O) groups is 1. The maximum atomic E-state index is 11.1. The maximum Gasteiger partial charge on any atom is 0.253 e. The van der Waals surface area contributed by atoms with E-state index in [1.807, 2.05) is 0 Å². The molecule has 2 N–H and O–H groups in total. The van der Waals surface area contributed by atoms with E-state index >= 15 is 0 Å². The monoisotopic (exact) mass is 181 g/mol. The van der Waals surface area contributed by atoms with Crippen LogP contribution in [0.25, 0.3) is 0 Å². The SMILES string of the molecule is CCC(O)C(=O)Nc1cncnc1. The first kappa shape index (κ1) is 9.60. The Bertz CT molecular complexity index is 276. The Morgan fingerprint density at radius 3 is 2.77 bits per heavy atom. The van der Waals surface area contributed by atoms with Gasteiger partial charge in [-0.05, 0) is 6.42 Å². The van der Waals surface area contributed by atoms with Crippen LogP contribution in [0.3, 0.4) is 0 Å². The Morgan fingerprint density at radius 1 is 1.62 bits per heavy atom. The number of aliphatic hydroxyl groups is 1. The van der Waals surface area contributed by atoms with Gasteiger partial charge in [0.25, 0.3) is 5.91 Å². The summed E-state index contributed by atoms with van der Waals surface area (Å²) in [7, 11) is 0. The zero-order valence-electron chi connectivity index (χ0n) is 7.27. The first-order chi connectivity index (χ1) is 6.24. The molecule has 1 amide bonds. The average Bonchev–Trinajstić information content (AvgIpc) is 2.18. The predicted molar refractivity (Wildman–Crippen MR) is 47.0 cm³/mol. The van der Waals surface area contributed by atoms with Gasteiger partial charge in [-0.3, -0.25) is 4.79 Å². The Balaban J connectivity index is 2.55. The number of hydrogen-bond acceptors (Lipinski definition) is 4. The Morgan fingerprint density at radius 2 is 2.23 bits per heavy atom. The van der Waals surface area contributed by atoms with Gasteiger partial charge in [-0.1, -0.05) is 6.92 Å². The number of hydrogen-bond donors (Lipinski definition) is 2. The minimum Gasteiger partial charge on any atom is -0.383 e. The second-order valence-corrected chi connectivity index (χ2v) is 2.54. The van der Waals surface area contributed by atoms with Crippen molar-refractivity contribution in [1.82, 2.24) is 9.97 Å². The highest BCUT2D eigenvalue weighted by atomic mass is 16.3. The lowest BCUT2D eigenvalue weighted by Crippen LogP contribution is -2.26. The van der Waals surface area contributed by atoms with Crippen molar-refractivity contribution in [1.29, 1.82) is 0 Å². The smallest absolute Gasteiger partial charge is 0.253 e. The van der Waals surface area contributed by atoms with Crippen molar-refractivity contribution >= 4 is 11.6 Å². The Labute approximate surface area is 75.8 Å². The number of rotatable bonds is 3. The number of aliphatic hydroxyl groups excluding tert-OH is 1. The zero-order valence-corrected chi connectivity index (χ0v) is 7.27. The van der Waals surface area contributed by atoms with Crippen molar-refractivity contribution in [2.24, 2.45) is 0 Å². The highest BCUT2D eigenvalue weighted by Gasteiger charge is 2.11. The summed E-state index contributed by atoms with van der Waals surface area (Å²) in [5.41, 5.74) is 0.486. The highest BCUT2D eigenvalue weighted by Crippen LogP contribution is 2.02. The number of anilines is 1. The number of carbonyl (C=O) groups excluding carboxylic acids is 1. The van der Waals surface area contributed by atoms with E-state index in [1.165, 1.54) is 18.7 Å². The molecule has 1 aromatic rings. The third-order valence-corrected chi connectivity index (χ3v) is 1.52. The minimum atomic E-state index is -0.972. The molecule has 0 aromatic carbocycles. The van der Waals surface area contributed by atoms with E-state index < -0.39 is 12.0 Å². The fourth-order valence-electron chi connectivity index (χ4n) is 0.775. The first-order valence-electron chi connectivity index (χ1n) is 3.98. The van der Waals surface area contributed by atoms with Gasteiger partial charge in [0.05, 0.1) is 18.1 Å². The highest BCUT2D eigenvalue weighted by molar-refractivity contribution is 5.93. The van der Waals surface area contributed by atoms with E-state index in [2.05, 4.69) is 15.3 Å². The summed E-state index contributed by atoms with van der Waals surface area (Å²) in [5.74, 6) is -0.433. The Hall–Kier alpha value is -1.49. The molecule has 1 atom stereocenters. The van der Waals surface area contributed by atoms with Crippen molar-refractivity contribution in [3.05, 3.63) is 18.7 Å². The molecule has 0 spiro atoms. The van der Waals surface area contributed by atoms with Crippen molar-refractivity contribution in [3.8, 4) is 0 Å². The molecule has 70 valence electrons. The average molecular weight is 181 g/mol. The van der Waals surface area contributed by atoms with E-state index in [-0.39, 0.29) is 0 Å². The molecule has 1 heterocycles. The van der Waals surface area contributed by atoms with Crippen molar-refractivity contribution in [2.75, 3.05) is 5.32 Å². The normalized spacial score (nSPS) is 12.2. The van der Waals surface area contributed by atoms with Crippen LogP contribution in [0, 0.1) is 0 Å². The van der Waals surface area contributed by atoms with Crippen LogP contribution >= 0.6 is 0 Å². The summed E-state index contributed by atoms with van der Waals surface area (Å²) in [6.07, 6.45) is 3.71. The van der Waals surface area contributed by atoms with Gasteiger partial charge in [-0.25, -0.2) is 9.97 Å². The number of nitrogens with zero attached hydrogens (tertiary/aromatic N) is 2. The zero-order chi connectivity index (χ0) is 9.68. The lowest BCUT2D eigenvalue weighted by molar-refractivity contribution is -0.124. The predicted octanol–water partition coefficient (Wildman–Crippen LogP) is 0.186. The molecule has 1 unspecified atom stereocenters. The third-order valence-electron chi connectivity index (χ3n) is 1.52. The minimum absolute atomic E-state index is 0.388. The molecule has 0 aliphatic heterocycles. The summed E-state index contributed by atoms with van der Waals surface area (Å²) in [5, 5.41) is 11.6. The van der Waals surface area contributed by atoms with Crippen LogP contribution in [-0.4, -0.2) is 27.1 Å². The van der Waals surface area contributed by atoms with Crippen LogP contribution < -0.4 is 5.32 Å². The molecular formula is C8H11N3O2. The van der Waals surface area contributed by atoms with Crippen LogP contribution in [0.1, 0.15) is 13.3 Å². The molecule has 0 aliphatic carbocycles. The lowest BCUT2D eigenvalue weighted by atomic mass is 10.2. The van der Waals surface area contributed by atoms with Crippen LogP contribution in [-0.2, 0) is 4.79 Å². The van der Waals surface area contributed by atoms with Crippen molar-refractivity contribution in [2.45, 2.75) is 19.4 Å². The lowest BCUT2D eigenvalue weighted by Gasteiger charge is -2.07. The van der Waals surface area contributed by atoms with Gasteiger partial charge in [-0.15, -0.1) is 0 Å². The first-order valence-corrected chi connectivity index (χ1v) is 3.98. The third kappa shape index (κ3) is 2.79. The molecule has 5 nitrogen and oxygen atoms in total. The van der Waals surface area contributed by atoms with Gasteiger partial charge in [0.15, 0.2) is 0 Å². The van der Waals surface area contributed by atoms with E-state index in [0.717, 1.165) is 0 Å². The van der Waals surface area contributed by atoms with Crippen LogP contribution in [0.2, 0.25) is 0 Å². The Kier molecular flexibility index (Phi) is 3.33. The molecule has 0 saturated carbocycles. The van der Waals surface area contributed by atoms with Crippen LogP contribution in [0.5, 0.6) is 0 Å². The second-order valence-electron chi connectivity index (χ2n) is 2.54. The molecule has 0 fully saturated rings. The molecule has 1 aromatic heterocycles. The molecule has 1 rings (SSSR count). The van der Waals surface area contributed by atoms with Crippen LogP contribution in [0.15, 0.2) is 18.7 Å². The molecule has 0 aliphatic rings. The molecule has 0 saturated heterocycles. The quantitative estimate of drug-likeness (QED) is 0.697. The fraction of sp³-hybridized carbons (Fsp3) is 0.375. The molecule has 13 heavy (non-hydrogen) atoms. The van der Waals surface area contributed by atoms with E-state index in [9.17, 15) is 4.79 Å². The standard InChI is InChI=1S/C8H11N3O2/c1-2-7(12)8(13)11-6-3-9-5-10-4-6/h3-5,7,12H,2H2,1H3,(H,11,13). The van der Waals surface area contributed by atoms with Gasteiger partial charge in [0.1, 0.15) is 12.4 Å². The number of aromatic nitrogens is 2. The van der Waals surface area contributed by atoms with Crippen molar-refractivity contribution in [3.63, 3.8) is 0 Å². The van der Waals surface area contributed by atoms with E-state index in [1.54, 1.807) is 6.92 Å². The summed E-state index contributed by atoms with van der Waals surface area (Å²) < 4.78 is 0. The fourth-order valence-corrected chi connectivity index (χ4v) is 0.775. The number of amides is 1. The van der Waals surface area contributed by atoms with Gasteiger partial charge >= 0.3 is 0 Å². The second kappa shape index (κ2) is 4.51. The maximum absolute atomic E-state index is 11.1. The molecule has 5 heteroatoms. The van der Waals surface area contributed by atoms with Crippen LogP contribution in [0.4, 0.5) is 5.69 Å². The summed E-state index contributed by atoms with van der Waals surface area (Å²) in [6.45, 7) is 1.73. The summed E-state index contributed by atoms with van der Waals surface area (Å²) in [4.78, 5) is 18.6.